The van der Waals surface area contributed by atoms with Crippen molar-refractivity contribution >= 4 is 99.6 Å². The van der Waals surface area contributed by atoms with Gasteiger partial charge in [-0.05, 0) is 171 Å². The molecule has 12 rings (SSSR count). The highest BCUT2D eigenvalue weighted by atomic mass is 32.2. The molecule has 0 spiro atoms. The SMILES string of the molecule is CNS(=O)(=O)c1ccccc1-c1ccc2nc(/C=C/c3c(F)cccc3F)[nH]c2c1.CNS(=O)(=O)c1ccccc1-c1ccc2nc(/C=C/c3cc(F)cc(F)c3)[nH]c2c1.CNS(=O)(=O)c1ccccc1-c1ccc2nc(/C=C/c3cc(F)ccc3F)[nH]c2c1. The number of benzene rings is 9. The summed E-state index contributed by atoms with van der Waals surface area (Å²) in [4.78, 5) is 23.1. The van der Waals surface area contributed by atoms with Crippen molar-refractivity contribution in [3.8, 4) is 33.4 Å². The van der Waals surface area contributed by atoms with Gasteiger partial charge in [0.25, 0.3) is 0 Å². The van der Waals surface area contributed by atoms with Crippen LogP contribution >= 0.6 is 0 Å². The molecule has 0 fully saturated rings. The van der Waals surface area contributed by atoms with Crippen LogP contribution in [0.15, 0.2) is 197 Å². The highest BCUT2D eigenvalue weighted by Crippen LogP contribution is 2.33. The van der Waals surface area contributed by atoms with E-state index in [4.69, 9.17) is 0 Å². The van der Waals surface area contributed by atoms with Crippen LogP contribution in [0.5, 0.6) is 0 Å². The van der Waals surface area contributed by atoms with Gasteiger partial charge in [-0.2, -0.15) is 0 Å². The van der Waals surface area contributed by atoms with Crippen LogP contribution in [-0.2, 0) is 30.1 Å². The highest BCUT2D eigenvalue weighted by molar-refractivity contribution is 7.90. The Bertz CT molecular complexity index is 5110. The van der Waals surface area contributed by atoms with E-state index in [2.05, 4.69) is 44.1 Å². The molecule has 0 saturated carbocycles. The summed E-state index contributed by atoms with van der Waals surface area (Å²) in [6.45, 7) is 0. The number of rotatable bonds is 15. The predicted molar refractivity (Wildman–Crippen MR) is 339 cm³/mol. The number of nitrogens with one attached hydrogen (secondary N) is 6. The number of imidazole rings is 3. The molecular formula is C66H51F6N9O6S3. The van der Waals surface area contributed by atoms with Gasteiger partial charge in [0.15, 0.2) is 0 Å². The molecule has 0 radical (unpaired) electrons. The lowest BCUT2D eigenvalue weighted by Crippen LogP contribution is -2.19. The molecule has 0 unspecified atom stereocenters. The lowest BCUT2D eigenvalue weighted by atomic mass is 10.1. The molecular weight excluding hydrogens is 1220 g/mol. The van der Waals surface area contributed by atoms with Crippen molar-refractivity contribution in [1.29, 1.82) is 0 Å². The second-order valence-corrected chi connectivity index (χ2v) is 25.2. The molecule has 0 aliphatic heterocycles. The predicted octanol–water partition coefficient (Wildman–Crippen LogP) is 13.8. The van der Waals surface area contributed by atoms with Gasteiger partial charge in [0.1, 0.15) is 52.4 Å². The maximum Gasteiger partial charge on any atom is 0.240 e. The van der Waals surface area contributed by atoms with E-state index in [9.17, 15) is 51.6 Å². The van der Waals surface area contributed by atoms with Crippen molar-refractivity contribution in [3.63, 3.8) is 0 Å². The zero-order chi connectivity index (χ0) is 63.9. The zero-order valence-corrected chi connectivity index (χ0v) is 50.0. The number of hydrogen-bond acceptors (Lipinski definition) is 9. The van der Waals surface area contributed by atoms with E-state index in [-0.39, 0.29) is 25.8 Å². The van der Waals surface area contributed by atoms with E-state index >= 15 is 0 Å². The van der Waals surface area contributed by atoms with Crippen molar-refractivity contribution in [2.24, 2.45) is 0 Å². The minimum atomic E-state index is -3.63. The Balaban J connectivity index is 0.000000148. The number of aromatic amines is 3. The molecule has 90 heavy (non-hydrogen) atoms. The minimum Gasteiger partial charge on any atom is -0.338 e. The van der Waals surface area contributed by atoms with Crippen molar-refractivity contribution in [2.45, 2.75) is 14.7 Å². The molecule has 6 N–H and O–H groups in total. The van der Waals surface area contributed by atoms with E-state index in [1.807, 2.05) is 6.07 Å². The molecule has 3 heterocycles. The van der Waals surface area contributed by atoms with Gasteiger partial charge in [-0.15, -0.1) is 0 Å². The van der Waals surface area contributed by atoms with Crippen LogP contribution in [0.2, 0.25) is 0 Å². The van der Waals surface area contributed by atoms with Crippen LogP contribution in [0.25, 0.3) is 103 Å². The first kappa shape index (κ1) is 63.0. The Hall–Kier alpha value is -10.1. The van der Waals surface area contributed by atoms with Gasteiger partial charge < -0.3 is 15.0 Å². The first-order chi connectivity index (χ1) is 43.1. The van der Waals surface area contributed by atoms with Gasteiger partial charge >= 0.3 is 0 Å². The molecule has 12 aromatic rings. The molecule has 0 amide bonds. The molecule has 456 valence electrons. The third kappa shape index (κ3) is 14.4. The van der Waals surface area contributed by atoms with Crippen LogP contribution in [0.1, 0.15) is 34.2 Å². The number of H-pyrrole nitrogens is 3. The Morgan fingerprint density at radius 1 is 0.356 bits per heavy atom. The first-order valence-corrected chi connectivity index (χ1v) is 31.5. The summed E-state index contributed by atoms with van der Waals surface area (Å²) in [5.41, 5.74) is 8.15. The van der Waals surface area contributed by atoms with Gasteiger partial charge in [-0.25, -0.2) is 80.7 Å². The molecule has 0 bridgehead atoms. The third-order valence-electron chi connectivity index (χ3n) is 13.9. The Labute approximate surface area is 512 Å². The summed E-state index contributed by atoms with van der Waals surface area (Å²) in [7, 11) is -6.78. The summed E-state index contributed by atoms with van der Waals surface area (Å²) in [5, 5.41) is 0. The van der Waals surface area contributed by atoms with Gasteiger partial charge in [0, 0.05) is 33.9 Å². The number of fused-ring (bicyclic) bond motifs is 3. The summed E-state index contributed by atoms with van der Waals surface area (Å²) in [5.74, 6) is -2.31. The maximum absolute atomic E-state index is 13.8. The average molecular weight is 1280 g/mol. The summed E-state index contributed by atoms with van der Waals surface area (Å²) in [6.07, 6.45) is 8.97. The van der Waals surface area contributed by atoms with Crippen molar-refractivity contribution in [3.05, 3.63) is 251 Å². The number of nitrogens with zero attached hydrogens (tertiary/aromatic N) is 3. The fraction of sp³-hybridized carbons (Fsp3) is 0.0455. The normalized spacial score (nSPS) is 12.1. The molecule has 15 nitrogen and oxygen atoms in total. The van der Waals surface area contributed by atoms with E-state index < -0.39 is 65.0 Å². The van der Waals surface area contributed by atoms with Crippen LogP contribution in [0, 0.1) is 34.9 Å². The van der Waals surface area contributed by atoms with Gasteiger partial charge in [0.2, 0.25) is 30.1 Å². The lowest BCUT2D eigenvalue weighted by Gasteiger charge is -2.09. The molecule has 9 aromatic carbocycles. The Morgan fingerprint density at radius 3 is 1.13 bits per heavy atom. The van der Waals surface area contributed by atoms with Crippen LogP contribution in [0.4, 0.5) is 26.3 Å². The van der Waals surface area contributed by atoms with E-state index in [1.165, 1.54) is 75.8 Å². The molecule has 24 heteroatoms. The van der Waals surface area contributed by atoms with E-state index in [0.29, 0.717) is 89.5 Å². The second-order valence-electron chi connectivity index (χ2n) is 19.7. The quantitative estimate of drug-likeness (QED) is 0.0536. The van der Waals surface area contributed by atoms with Gasteiger partial charge in [-0.3, -0.25) is 0 Å². The Morgan fingerprint density at radius 2 is 0.733 bits per heavy atom. The fourth-order valence-corrected chi connectivity index (χ4v) is 12.3. The topological polar surface area (TPSA) is 225 Å². The van der Waals surface area contributed by atoms with Crippen LogP contribution in [0.3, 0.4) is 0 Å². The lowest BCUT2D eigenvalue weighted by molar-refractivity contribution is 0.578. The number of halogens is 6. The molecule has 0 aliphatic rings. The molecule has 3 aromatic heterocycles. The highest BCUT2D eigenvalue weighted by Gasteiger charge is 2.21. The summed E-state index contributed by atoms with van der Waals surface area (Å²) >= 11 is 0. The van der Waals surface area contributed by atoms with E-state index in [0.717, 1.165) is 24.3 Å². The third-order valence-corrected chi connectivity index (χ3v) is 18.3. The first-order valence-electron chi connectivity index (χ1n) is 27.1. The summed E-state index contributed by atoms with van der Waals surface area (Å²) < 4.78 is 162. The maximum atomic E-state index is 13.8. The average Bonchev–Trinajstić information content (AvgIpc) is 1.54. The standard InChI is InChI=1S/3C22H17F2N3O2S/c1-25-30(28,29)21-8-3-2-5-15(21)14-9-11-19-20(13-14)27-22(26-19)12-10-16-17(23)6-4-7-18(16)24;1-25-30(28,29)21-5-3-2-4-17(21)14-6-10-19-20(13-14)27-22(26-19)11-7-15-12-16(23)8-9-18(15)24;1-25-30(28,29)21-5-3-2-4-18(21)15-7-8-19-20(12-15)27-22(26-19)9-6-14-10-16(23)13-17(24)11-14/h3*2-13,25H,1H3,(H,26,27)/b12-10+;11-7+;9-6+. The summed E-state index contributed by atoms with van der Waals surface area (Å²) in [6, 6.07) is 46.3. The number of sulfonamides is 3. The van der Waals surface area contributed by atoms with E-state index in [1.54, 1.807) is 133 Å². The largest absolute Gasteiger partial charge is 0.338 e. The second kappa shape index (κ2) is 26.7. The molecule has 0 aliphatic carbocycles. The van der Waals surface area contributed by atoms with Crippen molar-refractivity contribution < 1.29 is 51.6 Å². The van der Waals surface area contributed by atoms with Crippen LogP contribution < -0.4 is 14.2 Å². The number of hydrogen-bond donors (Lipinski definition) is 6. The number of aromatic nitrogens is 6. The van der Waals surface area contributed by atoms with Crippen LogP contribution in [-0.4, -0.2) is 76.3 Å². The molecule has 0 atom stereocenters. The van der Waals surface area contributed by atoms with Gasteiger partial charge in [0.05, 0.1) is 47.8 Å². The van der Waals surface area contributed by atoms with Crippen molar-refractivity contribution in [2.75, 3.05) is 21.1 Å². The van der Waals surface area contributed by atoms with Gasteiger partial charge in [-0.1, -0.05) is 84.9 Å². The smallest absolute Gasteiger partial charge is 0.240 e. The molecule has 0 saturated heterocycles. The van der Waals surface area contributed by atoms with Crippen molar-refractivity contribution in [1.82, 2.24) is 44.1 Å². The zero-order valence-electron chi connectivity index (χ0n) is 47.6. The minimum absolute atomic E-state index is 0.113. The fourth-order valence-electron chi connectivity index (χ4n) is 9.47. The monoisotopic (exact) mass is 1280 g/mol. The Kier molecular flexibility index (Phi) is 18.7.